The Hall–Kier alpha value is -5.55. The highest BCUT2D eigenvalue weighted by Crippen LogP contribution is 2.48. The Balaban J connectivity index is 1.21. The average Bonchev–Trinajstić information content (AvgIpc) is 3.66. The standard InChI is InChI=1S/C46H46N4O/c1-30-36(48-29-49(40-21-14-13-20-39(40)48)38-19-12-10-17-35(38)46(6,7)8)22-15-23-41(30)51-42-25-24-34-33-16-9-11-18-37(33)50(44(34)31(42)2)43-28-32(26-27-47-43)45(3,4)5/h9-28H,29H2,1-8H3. The summed E-state index contributed by atoms with van der Waals surface area (Å²) in [4.78, 5) is 9.76. The third-order valence-electron chi connectivity index (χ3n) is 10.4. The summed E-state index contributed by atoms with van der Waals surface area (Å²) in [5.74, 6) is 2.59. The molecule has 0 saturated carbocycles. The molecule has 0 amide bonds. The van der Waals surface area contributed by atoms with Crippen molar-refractivity contribution in [2.75, 3.05) is 16.5 Å². The summed E-state index contributed by atoms with van der Waals surface area (Å²) in [5, 5.41) is 2.39. The molecule has 8 rings (SSSR count). The summed E-state index contributed by atoms with van der Waals surface area (Å²) in [6.07, 6.45) is 1.93. The SMILES string of the molecule is Cc1c(Oc2ccc3c4ccccc4n(-c4cc(C(C)(C)C)ccn4)c3c2C)cccc1N1CN(c2ccccc2C(C)(C)C)c2ccccc21. The summed E-state index contributed by atoms with van der Waals surface area (Å²) in [5.41, 5.74) is 11.8. The van der Waals surface area contributed by atoms with Gasteiger partial charge in [0.15, 0.2) is 0 Å². The molecular formula is C46H46N4O. The molecule has 1 aliphatic heterocycles. The number of rotatable bonds is 5. The summed E-state index contributed by atoms with van der Waals surface area (Å²) in [6, 6.07) is 41.2. The Labute approximate surface area is 301 Å². The van der Waals surface area contributed by atoms with Crippen LogP contribution in [0.5, 0.6) is 11.5 Å². The Bertz CT molecular complexity index is 2440. The zero-order valence-corrected chi connectivity index (χ0v) is 31.0. The maximum Gasteiger partial charge on any atom is 0.137 e. The van der Waals surface area contributed by atoms with E-state index in [9.17, 15) is 0 Å². The number of hydrogen-bond donors (Lipinski definition) is 0. The molecule has 0 atom stereocenters. The largest absolute Gasteiger partial charge is 0.457 e. The summed E-state index contributed by atoms with van der Waals surface area (Å²) in [6.45, 7) is 18.6. The van der Waals surface area contributed by atoms with Crippen LogP contribution in [0.2, 0.25) is 0 Å². The fraction of sp³-hybridized carbons (Fsp3) is 0.239. The van der Waals surface area contributed by atoms with Crippen molar-refractivity contribution in [2.24, 2.45) is 0 Å². The number of para-hydroxylation sites is 4. The molecule has 5 nitrogen and oxygen atoms in total. The molecule has 0 spiro atoms. The van der Waals surface area contributed by atoms with Crippen LogP contribution in [-0.4, -0.2) is 16.2 Å². The highest BCUT2D eigenvalue weighted by atomic mass is 16.5. The highest BCUT2D eigenvalue weighted by Gasteiger charge is 2.32. The predicted octanol–water partition coefficient (Wildman–Crippen LogP) is 12.4. The fourth-order valence-corrected chi connectivity index (χ4v) is 7.65. The molecule has 7 aromatic rings. The van der Waals surface area contributed by atoms with Crippen LogP contribution in [0, 0.1) is 13.8 Å². The van der Waals surface area contributed by atoms with Gasteiger partial charge in [0.2, 0.25) is 0 Å². The van der Waals surface area contributed by atoms with E-state index in [1.54, 1.807) is 0 Å². The lowest BCUT2D eigenvalue weighted by Crippen LogP contribution is -2.27. The molecule has 0 aliphatic carbocycles. The van der Waals surface area contributed by atoms with Crippen LogP contribution in [0.25, 0.3) is 27.6 Å². The van der Waals surface area contributed by atoms with E-state index >= 15 is 0 Å². The van der Waals surface area contributed by atoms with Crippen molar-refractivity contribution >= 4 is 44.6 Å². The number of ether oxygens (including phenoxy) is 1. The van der Waals surface area contributed by atoms with Gasteiger partial charge < -0.3 is 14.5 Å². The van der Waals surface area contributed by atoms with E-state index in [1.807, 2.05) is 6.20 Å². The van der Waals surface area contributed by atoms with Gasteiger partial charge in [0, 0.05) is 39.5 Å². The molecule has 256 valence electrons. The first-order valence-corrected chi connectivity index (χ1v) is 17.9. The van der Waals surface area contributed by atoms with E-state index in [4.69, 9.17) is 9.72 Å². The van der Waals surface area contributed by atoms with Crippen molar-refractivity contribution in [1.29, 1.82) is 0 Å². The van der Waals surface area contributed by atoms with Gasteiger partial charge in [-0.2, -0.15) is 0 Å². The van der Waals surface area contributed by atoms with Crippen molar-refractivity contribution in [3.05, 3.63) is 144 Å². The van der Waals surface area contributed by atoms with Crippen molar-refractivity contribution in [1.82, 2.24) is 9.55 Å². The van der Waals surface area contributed by atoms with Crippen molar-refractivity contribution < 1.29 is 4.74 Å². The van der Waals surface area contributed by atoms with Gasteiger partial charge in [-0.1, -0.05) is 96.1 Å². The number of hydrogen-bond acceptors (Lipinski definition) is 4. The number of pyridine rings is 1. The van der Waals surface area contributed by atoms with E-state index in [1.165, 1.54) is 39.0 Å². The van der Waals surface area contributed by atoms with Gasteiger partial charge in [0.05, 0.1) is 22.4 Å². The van der Waals surface area contributed by atoms with E-state index in [-0.39, 0.29) is 10.8 Å². The Morgan fingerprint density at radius 3 is 1.92 bits per heavy atom. The molecule has 5 aromatic carbocycles. The van der Waals surface area contributed by atoms with E-state index in [0.29, 0.717) is 6.67 Å². The second-order valence-corrected chi connectivity index (χ2v) is 15.8. The first-order valence-electron chi connectivity index (χ1n) is 17.9. The molecule has 0 bridgehead atoms. The summed E-state index contributed by atoms with van der Waals surface area (Å²) < 4.78 is 9.20. The minimum absolute atomic E-state index is 0.00513. The summed E-state index contributed by atoms with van der Waals surface area (Å²) in [7, 11) is 0. The van der Waals surface area contributed by atoms with E-state index in [0.717, 1.165) is 45.2 Å². The lowest BCUT2D eigenvalue weighted by atomic mass is 9.85. The van der Waals surface area contributed by atoms with Gasteiger partial charge in [0.1, 0.15) is 24.0 Å². The third kappa shape index (κ3) is 5.52. The second-order valence-electron chi connectivity index (χ2n) is 15.8. The zero-order chi connectivity index (χ0) is 35.7. The molecule has 0 N–H and O–H groups in total. The minimum Gasteiger partial charge on any atom is -0.457 e. The predicted molar refractivity (Wildman–Crippen MR) is 214 cm³/mol. The van der Waals surface area contributed by atoms with Crippen molar-refractivity contribution in [2.45, 2.75) is 66.2 Å². The average molecular weight is 671 g/mol. The van der Waals surface area contributed by atoms with Crippen LogP contribution >= 0.6 is 0 Å². The zero-order valence-electron chi connectivity index (χ0n) is 31.0. The minimum atomic E-state index is 0.00513. The number of nitrogens with zero attached hydrogens (tertiary/aromatic N) is 4. The van der Waals surface area contributed by atoms with Gasteiger partial charge in [-0.25, -0.2) is 4.98 Å². The number of benzene rings is 5. The van der Waals surface area contributed by atoms with E-state index < -0.39 is 0 Å². The molecule has 0 saturated heterocycles. The summed E-state index contributed by atoms with van der Waals surface area (Å²) >= 11 is 0. The first kappa shape index (κ1) is 32.6. The first-order chi connectivity index (χ1) is 24.4. The maximum atomic E-state index is 6.90. The molecule has 3 heterocycles. The molecular weight excluding hydrogens is 625 g/mol. The van der Waals surface area contributed by atoms with Crippen LogP contribution in [0.3, 0.4) is 0 Å². The van der Waals surface area contributed by atoms with Gasteiger partial charge in [-0.05, 0) is 96.5 Å². The molecule has 51 heavy (non-hydrogen) atoms. The van der Waals surface area contributed by atoms with Crippen LogP contribution in [0.1, 0.15) is 63.8 Å². The number of aryl methyl sites for hydroxylation is 1. The number of anilines is 4. The molecule has 5 heteroatoms. The normalized spacial score (nSPS) is 13.3. The number of fused-ring (bicyclic) bond motifs is 4. The Morgan fingerprint density at radius 2 is 1.20 bits per heavy atom. The topological polar surface area (TPSA) is 33.5 Å². The van der Waals surface area contributed by atoms with Gasteiger partial charge >= 0.3 is 0 Å². The van der Waals surface area contributed by atoms with Crippen LogP contribution in [0.15, 0.2) is 121 Å². The quantitative estimate of drug-likeness (QED) is 0.182. The van der Waals surface area contributed by atoms with Crippen molar-refractivity contribution in [3.8, 4) is 17.3 Å². The fourth-order valence-electron chi connectivity index (χ4n) is 7.65. The third-order valence-corrected chi connectivity index (χ3v) is 10.4. The Kier molecular flexibility index (Phi) is 7.71. The second kappa shape index (κ2) is 12.1. The lowest BCUT2D eigenvalue weighted by Gasteiger charge is -2.29. The number of aromatic nitrogens is 2. The smallest absolute Gasteiger partial charge is 0.137 e. The monoisotopic (exact) mass is 670 g/mol. The molecule has 0 unspecified atom stereocenters. The lowest BCUT2D eigenvalue weighted by molar-refractivity contribution is 0.476. The molecule has 1 aliphatic rings. The maximum absolute atomic E-state index is 6.90. The van der Waals surface area contributed by atoms with Gasteiger partial charge in [-0.3, -0.25) is 4.57 Å². The van der Waals surface area contributed by atoms with E-state index in [2.05, 4.69) is 185 Å². The van der Waals surface area contributed by atoms with Crippen LogP contribution < -0.4 is 14.5 Å². The van der Waals surface area contributed by atoms with Crippen LogP contribution in [-0.2, 0) is 10.8 Å². The van der Waals surface area contributed by atoms with Crippen LogP contribution in [0.4, 0.5) is 22.7 Å². The highest BCUT2D eigenvalue weighted by molar-refractivity contribution is 6.10. The Morgan fingerprint density at radius 1 is 0.569 bits per heavy atom. The molecule has 2 aromatic heterocycles. The molecule has 0 radical (unpaired) electrons. The molecule has 0 fully saturated rings. The van der Waals surface area contributed by atoms with Gasteiger partial charge in [-0.15, -0.1) is 0 Å². The van der Waals surface area contributed by atoms with Gasteiger partial charge in [0.25, 0.3) is 0 Å². The van der Waals surface area contributed by atoms with Crippen molar-refractivity contribution in [3.63, 3.8) is 0 Å².